The molecule has 6 rings (SSSR count). The van der Waals surface area contributed by atoms with Crippen molar-refractivity contribution in [2.45, 2.75) is 13.1 Å². The molecule has 9 heteroatoms. The number of hydrogen-bond acceptors (Lipinski definition) is 6. The summed E-state index contributed by atoms with van der Waals surface area (Å²) in [5.74, 6) is 0.0864. The van der Waals surface area contributed by atoms with Crippen LogP contribution in [-0.2, 0) is 13.1 Å². The summed E-state index contributed by atoms with van der Waals surface area (Å²) in [5.41, 5.74) is 1.99. The molecule has 0 aliphatic heterocycles. The van der Waals surface area contributed by atoms with Gasteiger partial charge in [0.15, 0.2) is 0 Å². The maximum absolute atomic E-state index is 13.6. The smallest absolute Gasteiger partial charge is 0.283 e. The molecule has 4 aromatic heterocycles. The van der Waals surface area contributed by atoms with Gasteiger partial charge in [-0.15, -0.1) is 11.3 Å². The van der Waals surface area contributed by atoms with Crippen molar-refractivity contribution in [3.05, 3.63) is 128 Å². The molecule has 2 aromatic carbocycles. The van der Waals surface area contributed by atoms with E-state index in [9.17, 15) is 9.59 Å². The molecule has 0 unspecified atom stereocenters. The lowest BCUT2D eigenvalue weighted by atomic mass is 10.0. The van der Waals surface area contributed by atoms with Crippen LogP contribution in [0.1, 0.15) is 20.8 Å². The quantitative estimate of drug-likeness (QED) is 0.249. The fourth-order valence-electron chi connectivity index (χ4n) is 4.40. The molecule has 0 saturated heterocycles. The van der Waals surface area contributed by atoms with Gasteiger partial charge in [0.25, 0.3) is 11.5 Å². The van der Waals surface area contributed by atoms with E-state index in [-0.39, 0.29) is 11.5 Å². The second-order valence-corrected chi connectivity index (χ2v) is 10.5. The normalized spacial score (nSPS) is 11.2. The van der Waals surface area contributed by atoms with Crippen LogP contribution in [0.2, 0.25) is 4.34 Å². The Morgan fingerprint density at radius 1 is 1.03 bits per heavy atom. The number of fused-ring (bicyclic) bond motifs is 1. The van der Waals surface area contributed by atoms with Crippen molar-refractivity contribution in [2.24, 2.45) is 0 Å². The van der Waals surface area contributed by atoms with E-state index in [2.05, 4.69) is 28.6 Å². The number of halogens is 1. The first kappa shape index (κ1) is 24.0. The molecule has 6 aromatic rings. The van der Waals surface area contributed by atoms with Gasteiger partial charge in [0.05, 0.1) is 34.8 Å². The Balaban J connectivity index is 1.37. The van der Waals surface area contributed by atoms with Gasteiger partial charge < -0.3 is 14.3 Å². The minimum atomic E-state index is -0.372. The Hall–Kier alpha value is -4.40. The van der Waals surface area contributed by atoms with Crippen molar-refractivity contribution < 1.29 is 9.21 Å². The molecule has 0 aliphatic carbocycles. The van der Waals surface area contributed by atoms with E-state index >= 15 is 0 Å². The van der Waals surface area contributed by atoms with Crippen LogP contribution in [0, 0.1) is 0 Å². The Bertz CT molecular complexity index is 1810. The summed E-state index contributed by atoms with van der Waals surface area (Å²) in [6, 6.07) is 24.8. The standard InChI is InChI=1S/C29H21ClN4O3S/c30-26-11-10-22(38-26)16-31-27-15-25(32-34(27)28(35)21-12-14-37-18-21)24-9-4-13-33(29(24)36)17-20-7-3-6-19-5-1-2-8-23(19)20/h1-15,18,31H,16-17H2. The Morgan fingerprint density at radius 2 is 1.89 bits per heavy atom. The van der Waals surface area contributed by atoms with Crippen LogP contribution >= 0.6 is 22.9 Å². The molecule has 0 radical (unpaired) electrons. The van der Waals surface area contributed by atoms with E-state index in [0.717, 1.165) is 21.2 Å². The first-order valence-electron chi connectivity index (χ1n) is 11.9. The van der Waals surface area contributed by atoms with E-state index in [1.54, 1.807) is 29.0 Å². The first-order chi connectivity index (χ1) is 18.6. The van der Waals surface area contributed by atoms with Crippen molar-refractivity contribution >= 4 is 45.4 Å². The van der Waals surface area contributed by atoms with Gasteiger partial charge >= 0.3 is 0 Å². The van der Waals surface area contributed by atoms with E-state index in [1.165, 1.54) is 28.5 Å². The van der Waals surface area contributed by atoms with Gasteiger partial charge in [0, 0.05) is 17.1 Å². The Labute approximate surface area is 226 Å². The van der Waals surface area contributed by atoms with Gasteiger partial charge in [-0.1, -0.05) is 54.1 Å². The summed E-state index contributed by atoms with van der Waals surface area (Å²) in [6.45, 7) is 0.855. The van der Waals surface area contributed by atoms with Crippen LogP contribution in [0.4, 0.5) is 5.82 Å². The number of rotatable bonds is 7. The van der Waals surface area contributed by atoms with E-state index in [4.69, 9.17) is 16.0 Å². The number of nitrogens with zero attached hydrogens (tertiary/aromatic N) is 3. The number of benzene rings is 2. The molecule has 0 atom stereocenters. The van der Waals surface area contributed by atoms with Gasteiger partial charge in [0.1, 0.15) is 17.8 Å². The highest BCUT2D eigenvalue weighted by Crippen LogP contribution is 2.25. The van der Waals surface area contributed by atoms with Crippen LogP contribution in [-0.4, -0.2) is 20.3 Å². The molecule has 0 bridgehead atoms. The molecule has 1 N–H and O–H groups in total. The summed E-state index contributed by atoms with van der Waals surface area (Å²) in [6.07, 6.45) is 4.56. The number of hydrogen-bond donors (Lipinski definition) is 1. The molecule has 0 saturated carbocycles. The number of nitrogens with one attached hydrogen (secondary N) is 1. The number of furan rings is 1. The predicted octanol–water partition coefficient (Wildman–Crippen LogP) is 6.52. The summed E-state index contributed by atoms with van der Waals surface area (Å²) >= 11 is 7.52. The zero-order valence-electron chi connectivity index (χ0n) is 20.0. The van der Waals surface area contributed by atoms with Gasteiger partial charge in [-0.2, -0.15) is 9.78 Å². The fourth-order valence-corrected chi connectivity index (χ4v) is 5.42. The van der Waals surface area contributed by atoms with Crippen LogP contribution < -0.4 is 10.9 Å². The predicted molar refractivity (Wildman–Crippen MR) is 150 cm³/mol. The minimum absolute atomic E-state index is 0.197. The third kappa shape index (κ3) is 4.67. The number of pyridine rings is 1. The number of thiophene rings is 1. The van der Waals surface area contributed by atoms with Gasteiger partial charge in [-0.25, -0.2) is 0 Å². The molecule has 0 amide bonds. The lowest BCUT2D eigenvalue weighted by molar-refractivity contribution is 0.0947. The molecule has 0 aliphatic rings. The summed E-state index contributed by atoms with van der Waals surface area (Å²) in [7, 11) is 0. The third-order valence-corrected chi connectivity index (χ3v) is 7.49. The largest absolute Gasteiger partial charge is 0.472 e. The van der Waals surface area contributed by atoms with E-state index in [1.807, 2.05) is 42.5 Å². The van der Waals surface area contributed by atoms with Gasteiger partial charge in [-0.3, -0.25) is 9.59 Å². The minimum Gasteiger partial charge on any atom is -0.472 e. The number of anilines is 1. The first-order valence-corrected chi connectivity index (χ1v) is 13.1. The summed E-state index contributed by atoms with van der Waals surface area (Å²) < 4.78 is 8.70. The van der Waals surface area contributed by atoms with Gasteiger partial charge in [0.2, 0.25) is 0 Å². The highest BCUT2D eigenvalue weighted by atomic mass is 35.5. The SMILES string of the molecule is O=C(c1ccoc1)n1nc(-c2cccn(Cc3cccc4ccccc34)c2=O)cc1NCc1ccc(Cl)s1. The Kier molecular flexibility index (Phi) is 6.41. The monoisotopic (exact) mass is 540 g/mol. The average molecular weight is 541 g/mol. The maximum Gasteiger partial charge on any atom is 0.283 e. The van der Waals surface area contributed by atoms with Crippen LogP contribution in [0.3, 0.4) is 0 Å². The van der Waals surface area contributed by atoms with Crippen molar-refractivity contribution in [3.8, 4) is 11.3 Å². The van der Waals surface area contributed by atoms with Crippen LogP contribution in [0.5, 0.6) is 0 Å². The lowest BCUT2D eigenvalue weighted by Crippen LogP contribution is -2.22. The molecule has 38 heavy (non-hydrogen) atoms. The number of aromatic nitrogens is 3. The number of carbonyl (C=O) groups excluding carboxylic acids is 1. The van der Waals surface area contributed by atoms with Crippen molar-refractivity contribution in [1.29, 1.82) is 0 Å². The Morgan fingerprint density at radius 3 is 2.71 bits per heavy atom. The second kappa shape index (κ2) is 10.2. The summed E-state index contributed by atoms with van der Waals surface area (Å²) in [4.78, 5) is 27.8. The van der Waals surface area contributed by atoms with Crippen molar-refractivity contribution in [3.63, 3.8) is 0 Å². The van der Waals surface area contributed by atoms with Crippen LogP contribution in [0.25, 0.3) is 22.0 Å². The molecule has 188 valence electrons. The maximum atomic E-state index is 13.6. The van der Waals surface area contributed by atoms with Gasteiger partial charge in [-0.05, 0) is 46.7 Å². The van der Waals surface area contributed by atoms with Crippen LogP contribution in [0.15, 0.2) is 107 Å². The second-order valence-electron chi connectivity index (χ2n) is 8.70. The third-order valence-electron chi connectivity index (χ3n) is 6.26. The number of carbonyl (C=O) groups is 1. The van der Waals surface area contributed by atoms with E-state index in [0.29, 0.717) is 40.1 Å². The molecule has 7 nitrogen and oxygen atoms in total. The molecule has 4 heterocycles. The molecule has 0 spiro atoms. The lowest BCUT2D eigenvalue weighted by Gasteiger charge is -2.10. The average Bonchev–Trinajstić information content (AvgIpc) is 3.70. The molecular formula is C29H21ClN4O3S. The summed E-state index contributed by atoms with van der Waals surface area (Å²) in [5, 5.41) is 10.0. The van der Waals surface area contributed by atoms with Crippen molar-refractivity contribution in [1.82, 2.24) is 14.3 Å². The zero-order valence-corrected chi connectivity index (χ0v) is 21.6. The topological polar surface area (TPSA) is 82.1 Å². The zero-order chi connectivity index (χ0) is 26.1. The molecular weight excluding hydrogens is 520 g/mol. The molecule has 0 fully saturated rings. The van der Waals surface area contributed by atoms with E-state index < -0.39 is 0 Å². The fraction of sp³-hybridized carbons (Fsp3) is 0.0690. The van der Waals surface area contributed by atoms with Crippen molar-refractivity contribution in [2.75, 3.05) is 5.32 Å². The highest BCUT2D eigenvalue weighted by Gasteiger charge is 2.20. The highest BCUT2D eigenvalue weighted by molar-refractivity contribution is 7.16.